The van der Waals surface area contributed by atoms with Crippen molar-refractivity contribution in [2.45, 2.75) is 19.8 Å². The van der Waals surface area contributed by atoms with Crippen LogP contribution in [0.2, 0.25) is 0 Å². The summed E-state index contributed by atoms with van der Waals surface area (Å²) < 4.78 is 2.12. The van der Waals surface area contributed by atoms with Crippen molar-refractivity contribution in [3.63, 3.8) is 0 Å². The third kappa shape index (κ3) is 3.72. The number of hydrogen-bond donors (Lipinski definition) is 1. The second-order valence-electron chi connectivity index (χ2n) is 5.88. The Hall–Kier alpha value is -2.66. The lowest BCUT2D eigenvalue weighted by molar-refractivity contribution is -0.131. The third-order valence-corrected chi connectivity index (χ3v) is 4.31. The van der Waals surface area contributed by atoms with E-state index in [1.165, 1.54) is 0 Å². The SMILES string of the molecule is CCN(CCO)C(=O)CCc1nc2ccccc2n1-c1ccccc1. The molecular formula is C20H23N3O2. The number of benzene rings is 2. The number of nitrogens with zero attached hydrogens (tertiary/aromatic N) is 3. The number of rotatable bonds is 7. The molecule has 2 aromatic carbocycles. The van der Waals surface area contributed by atoms with Crippen LogP contribution in [-0.2, 0) is 11.2 Å². The Morgan fingerprint density at radius 3 is 2.56 bits per heavy atom. The highest BCUT2D eigenvalue weighted by Crippen LogP contribution is 2.22. The first kappa shape index (κ1) is 17.2. The molecule has 1 amide bonds. The largest absolute Gasteiger partial charge is 0.395 e. The molecule has 5 nitrogen and oxygen atoms in total. The van der Waals surface area contributed by atoms with Crippen LogP contribution in [0.25, 0.3) is 16.7 Å². The van der Waals surface area contributed by atoms with E-state index in [-0.39, 0.29) is 12.5 Å². The molecule has 0 saturated carbocycles. The molecular weight excluding hydrogens is 314 g/mol. The molecule has 0 fully saturated rings. The summed E-state index contributed by atoms with van der Waals surface area (Å²) in [4.78, 5) is 18.8. The number of para-hydroxylation sites is 3. The number of carbonyl (C=O) groups excluding carboxylic acids is 1. The normalized spacial score (nSPS) is 11.0. The van der Waals surface area contributed by atoms with E-state index in [1.54, 1.807) is 4.90 Å². The molecule has 0 saturated heterocycles. The second kappa shape index (κ2) is 7.94. The predicted octanol–water partition coefficient (Wildman–Crippen LogP) is 2.80. The molecule has 0 bridgehead atoms. The van der Waals surface area contributed by atoms with E-state index in [1.807, 2.05) is 61.5 Å². The van der Waals surface area contributed by atoms with E-state index in [2.05, 4.69) is 4.57 Å². The fourth-order valence-corrected chi connectivity index (χ4v) is 3.07. The topological polar surface area (TPSA) is 58.4 Å². The van der Waals surface area contributed by atoms with Crippen LogP contribution in [0.1, 0.15) is 19.2 Å². The maximum Gasteiger partial charge on any atom is 0.223 e. The van der Waals surface area contributed by atoms with E-state index in [9.17, 15) is 4.79 Å². The molecule has 3 rings (SSSR count). The zero-order valence-corrected chi connectivity index (χ0v) is 14.4. The maximum absolute atomic E-state index is 12.4. The lowest BCUT2D eigenvalue weighted by Crippen LogP contribution is -2.33. The minimum atomic E-state index is -0.0118. The number of aryl methyl sites for hydroxylation is 1. The Balaban J connectivity index is 1.90. The van der Waals surface area contributed by atoms with Crippen LogP contribution in [-0.4, -0.2) is 45.2 Å². The van der Waals surface area contributed by atoms with Crippen molar-refractivity contribution in [1.29, 1.82) is 0 Å². The van der Waals surface area contributed by atoms with Crippen molar-refractivity contribution in [2.24, 2.45) is 0 Å². The van der Waals surface area contributed by atoms with E-state index >= 15 is 0 Å². The summed E-state index contributed by atoms with van der Waals surface area (Å²) in [5.74, 6) is 0.920. The first-order valence-corrected chi connectivity index (χ1v) is 8.65. The number of fused-ring (bicyclic) bond motifs is 1. The van der Waals surface area contributed by atoms with Gasteiger partial charge in [0.2, 0.25) is 5.91 Å². The Bertz CT molecular complexity index is 843. The summed E-state index contributed by atoms with van der Waals surface area (Å²) in [6, 6.07) is 18.1. The quantitative estimate of drug-likeness (QED) is 0.721. The first-order chi connectivity index (χ1) is 12.2. The number of aromatic nitrogens is 2. The molecule has 130 valence electrons. The zero-order valence-electron chi connectivity index (χ0n) is 14.4. The van der Waals surface area contributed by atoms with E-state index < -0.39 is 0 Å². The Kier molecular flexibility index (Phi) is 5.46. The van der Waals surface area contributed by atoms with Crippen LogP contribution >= 0.6 is 0 Å². The Morgan fingerprint density at radius 1 is 1.12 bits per heavy atom. The van der Waals surface area contributed by atoms with Gasteiger partial charge in [0.05, 0.1) is 17.6 Å². The van der Waals surface area contributed by atoms with Crippen LogP contribution < -0.4 is 0 Å². The van der Waals surface area contributed by atoms with Gasteiger partial charge in [0.25, 0.3) is 0 Å². The summed E-state index contributed by atoms with van der Waals surface area (Å²) in [6.45, 7) is 2.90. The van der Waals surface area contributed by atoms with Gasteiger partial charge in [0.1, 0.15) is 5.82 Å². The molecule has 3 aromatic rings. The van der Waals surface area contributed by atoms with Gasteiger partial charge >= 0.3 is 0 Å². The van der Waals surface area contributed by atoms with Crippen molar-refractivity contribution in [3.8, 4) is 5.69 Å². The molecule has 25 heavy (non-hydrogen) atoms. The third-order valence-electron chi connectivity index (χ3n) is 4.31. The first-order valence-electron chi connectivity index (χ1n) is 8.65. The number of carbonyl (C=O) groups is 1. The predicted molar refractivity (Wildman–Crippen MR) is 98.7 cm³/mol. The van der Waals surface area contributed by atoms with Crippen LogP contribution in [0.4, 0.5) is 0 Å². The van der Waals surface area contributed by atoms with Gasteiger partial charge in [-0.15, -0.1) is 0 Å². The monoisotopic (exact) mass is 337 g/mol. The molecule has 0 atom stereocenters. The molecule has 0 spiro atoms. The van der Waals surface area contributed by atoms with E-state index in [0.29, 0.717) is 25.9 Å². The van der Waals surface area contributed by atoms with E-state index in [0.717, 1.165) is 22.5 Å². The highest BCUT2D eigenvalue weighted by molar-refractivity contribution is 5.79. The molecule has 0 aliphatic carbocycles. The van der Waals surface area contributed by atoms with Gasteiger partial charge in [0, 0.05) is 31.6 Å². The number of likely N-dealkylation sites (N-methyl/N-ethyl adjacent to an activating group) is 1. The van der Waals surface area contributed by atoms with Gasteiger partial charge in [-0.25, -0.2) is 4.98 Å². The van der Waals surface area contributed by atoms with Gasteiger partial charge < -0.3 is 10.0 Å². The minimum absolute atomic E-state index is 0.0118. The molecule has 1 aromatic heterocycles. The fraction of sp³-hybridized carbons (Fsp3) is 0.300. The fourth-order valence-electron chi connectivity index (χ4n) is 3.07. The summed E-state index contributed by atoms with van der Waals surface area (Å²) in [6.07, 6.45) is 0.939. The highest BCUT2D eigenvalue weighted by atomic mass is 16.3. The summed E-state index contributed by atoms with van der Waals surface area (Å²) in [5, 5.41) is 9.08. The zero-order chi connectivity index (χ0) is 17.6. The lowest BCUT2D eigenvalue weighted by Gasteiger charge is -2.19. The Labute approximate surface area is 147 Å². The van der Waals surface area contributed by atoms with Crippen molar-refractivity contribution in [1.82, 2.24) is 14.5 Å². The average Bonchev–Trinajstić information content (AvgIpc) is 3.03. The number of aliphatic hydroxyl groups is 1. The smallest absolute Gasteiger partial charge is 0.223 e. The Morgan fingerprint density at radius 2 is 1.84 bits per heavy atom. The summed E-state index contributed by atoms with van der Waals surface area (Å²) in [5.41, 5.74) is 3.01. The van der Waals surface area contributed by atoms with Crippen molar-refractivity contribution in [3.05, 3.63) is 60.4 Å². The van der Waals surface area contributed by atoms with Crippen LogP contribution in [0, 0.1) is 0 Å². The van der Waals surface area contributed by atoms with Crippen LogP contribution in [0.3, 0.4) is 0 Å². The molecule has 0 unspecified atom stereocenters. The molecule has 1 N–H and O–H groups in total. The molecule has 0 aliphatic heterocycles. The molecule has 0 aliphatic rings. The van der Waals surface area contributed by atoms with Gasteiger partial charge in [-0.3, -0.25) is 9.36 Å². The summed E-state index contributed by atoms with van der Waals surface area (Å²) >= 11 is 0. The average molecular weight is 337 g/mol. The second-order valence-corrected chi connectivity index (χ2v) is 5.88. The lowest BCUT2D eigenvalue weighted by atomic mass is 10.2. The van der Waals surface area contributed by atoms with Crippen molar-refractivity contribution >= 4 is 16.9 Å². The number of aliphatic hydroxyl groups excluding tert-OH is 1. The number of hydrogen-bond acceptors (Lipinski definition) is 3. The molecule has 0 radical (unpaired) electrons. The number of amides is 1. The standard InChI is InChI=1S/C20H23N3O2/c1-2-22(14-15-24)20(25)13-12-19-21-17-10-6-7-11-18(17)23(19)16-8-4-3-5-9-16/h3-11,24H,2,12-15H2,1H3. The van der Waals surface area contributed by atoms with Gasteiger partial charge in [0.15, 0.2) is 0 Å². The van der Waals surface area contributed by atoms with Crippen LogP contribution in [0.15, 0.2) is 54.6 Å². The molecule has 1 heterocycles. The molecule has 5 heteroatoms. The van der Waals surface area contributed by atoms with Crippen molar-refractivity contribution in [2.75, 3.05) is 19.7 Å². The number of imidazole rings is 1. The van der Waals surface area contributed by atoms with Gasteiger partial charge in [-0.05, 0) is 31.2 Å². The maximum atomic E-state index is 12.4. The van der Waals surface area contributed by atoms with Gasteiger partial charge in [-0.1, -0.05) is 30.3 Å². The highest BCUT2D eigenvalue weighted by Gasteiger charge is 2.16. The van der Waals surface area contributed by atoms with E-state index in [4.69, 9.17) is 10.1 Å². The van der Waals surface area contributed by atoms with Gasteiger partial charge in [-0.2, -0.15) is 0 Å². The summed E-state index contributed by atoms with van der Waals surface area (Å²) in [7, 11) is 0. The van der Waals surface area contributed by atoms with Crippen molar-refractivity contribution < 1.29 is 9.90 Å². The minimum Gasteiger partial charge on any atom is -0.395 e. The van der Waals surface area contributed by atoms with Crippen LogP contribution in [0.5, 0.6) is 0 Å².